The highest BCUT2D eigenvalue weighted by molar-refractivity contribution is 7.96. The lowest BCUT2D eigenvalue weighted by atomic mass is 10.0. The van der Waals surface area contributed by atoms with Crippen LogP contribution in [0.4, 0.5) is 8.78 Å². The normalized spacial score (nSPS) is 14.2. The van der Waals surface area contributed by atoms with Crippen molar-refractivity contribution >= 4 is 63.2 Å². The van der Waals surface area contributed by atoms with Gasteiger partial charge in [0.2, 0.25) is 0 Å². The molecule has 1 aliphatic rings. The minimum atomic E-state index is -2.50. The van der Waals surface area contributed by atoms with Crippen molar-refractivity contribution in [2.24, 2.45) is 0 Å². The Morgan fingerprint density at radius 3 is 1.11 bits per heavy atom. The van der Waals surface area contributed by atoms with Gasteiger partial charge >= 0.3 is 0 Å². The van der Waals surface area contributed by atoms with Gasteiger partial charge in [-0.1, -0.05) is 220 Å². The summed E-state index contributed by atoms with van der Waals surface area (Å²) in [4.78, 5) is 4.42. The Kier molecular flexibility index (Phi) is 20.9. The lowest BCUT2D eigenvalue weighted by Crippen LogP contribution is -2.49. The summed E-state index contributed by atoms with van der Waals surface area (Å²) in [6.45, 7) is 14.1. The van der Waals surface area contributed by atoms with Crippen LogP contribution in [0, 0.1) is 11.6 Å². The second kappa shape index (κ2) is 25.5. The topological polar surface area (TPSA) is 12.0 Å². The zero-order valence-electron chi connectivity index (χ0n) is 39.2. The average Bonchev–Trinajstić information content (AvgIpc) is 3.30. The fourth-order valence-electron chi connectivity index (χ4n) is 10.7. The largest absolute Gasteiger partial charge is 0.206 e. The molecule has 1 N–H and O–H groups in total. The molecule has 0 amide bonds. The van der Waals surface area contributed by atoms with Crippen molar-refractivity contribution in [3.63, 3.8) is 0 Å². The van der Waals surface area contributed by atoms with E-state index in [1.807, 2.05) is 24.3 Å². The number of rotatable bonds is 27. The van der Waals surface area contributed by atoms with Gasteiger partial charge in [-0.3, -0.25) is 0 Å². The van der Waals surface area contributed by atoms with Gasteiger partial charge in [0, 0.05) is 10.6 Å². The predicted octanol–water partition coefficient (Wildman–Crippen LogP) is 14.9. The van der Waals surface area contributed by atoms with Gasteiger partial charge in [-0.2, -0.15) is 4.86 Å². The molecular formula is C54H82F2NP2Si2+. The average molecular weight is 901 g/mol. The van der Waals surface area contributed by atoms with E-state index in [0.717, 1.165) is 12.8 Å². The van der Waals surface area contributed by atoms with Crippen molar-refractivity contribution < 1.29 is 8.78 Å². The molecule has 1 aliphatic carbocycles. The number of hydrogen-bond acceptors (Lipinski definition) is 1. The minimum absolute atomic E-state index is 0.256. The highest BCUT2D eigenvalue weighted by atomic mass is 31.2. The van der Waals surface area contributed by atoms with Gasteiger partial charge in [-0.25, -0.2) is 8.78 Å². The number of hydrogen-bond donors (Lipinski definition) is 1. The van der Waals surface area contributed by atoms with E-state index in [1.54, 1.807) is 34.6 Å². The van der Waals surface area contributed by atoms with Crippen molar-refractivity contribution in [3.05, 3.63) is 109 Å². The summed E-state index contributed by atoms with van der Waals surface area (Å²) in [7, 11) is -7.59. The van der Waals surface area contributed by atoms with Crippen molar-refractivity contribution in [1.82, 2.24) is 4.86 Å². The Morgan fingerprint density at radius 2 is 0.803 bits per heavy atom. The molecule has 1 saturated carbocycles. The van der Waals surface area contributed by atoms with Crippen molar-refractivity contribution in [2.45, 2.75) is 193 Å². The van der Waals surface area contributed by atoms with Crippen LogP contribution in [0.2, 0.25) is 36.3 Å². The summed E-state index contributed by atoms with van der Waals surface area (Å²) in [5, 5.41) is 7.18. The Balaban J connectivity index is 1.79. The van der Waals surface area contributed by atoms with Crippen molar-refractivity contribution in [3.8, 4) is 0 Å². The Bertz CT molecular complexity index is 1680. The standard InChI is InChI=1S/C54H82F2NP2Si2/c1-7-13-40-60(41-14-8-2,42-15-9-3)49-36-32-47(33-37-49)59(46-26-20-19-21-27-46,57-58(53-30-24-22-28-51(53)55)54-31-25-23-29-52(54)56)48-34-38-50(39-35-48)61(43-16-10-4,44-17-11-5)45-18-12-6/h22-25,28-39,46,57H,7-21,26-27,40-45H2,1-6H3/q+1. The first-order valence-corrected chi connectivity index (χ1v) is 33.4. The molecule has 1 nitrogen and oxygen atoms in total. The lowest BCUT2D eigenvalue weighted by molar-refractivity contribution is 0.509. The van der Waals surface area contributed by atoms with Crippen LogP contribution in [-0.2, 0) is 0 Å². The monoisotopic (exact) mass is 901 g/mol. The molecule has 0 spiro atoms. The molecule has 7 heteroatoms. The lowest BCUT2D eigenvalue weighted by Gasteiger charge is -2.40. The van der Waals surface area contributed by atoms with Gasteiger partial charge in [0.15, 0.2) is 7.41 Å². The smallest absolute Gasteiger partial charge is 0.153 e. The van der Waals surface area contributed by atoms with Crippen LogP contribution in [0.25, 0.3) is 0 Å². The number of unbranched alkanes of at least 4 members (excludes halogenated alkanes) is 6. The summed E-state index contributed by atoms with van der Waals surface area (Å²) in [6.07, 6.45) is 21.2. The van der Waals surface area contributed by atoms with Crippen LogP contribution in [0.5, 0.6) is 0 Å². The maximum Gasteiger partial charge on any atom is 0.153 e. The van der Waals surface area contributed by atoms with Crippen LogP contribution in [0.15, 0.2) is 97.1 Å². The third kappa shape index (κ3) is 12.4. The third-order valence-electron chi connectivity index (χ3n) is 14.4. The van der Waals surface area contributed by atoms with Crippen LogP contribution in [-0.4, -0.2) is 21.8 Å². The Hall–Kier alpha value is -2.01. The maximum absolute atomic E-state index is 16.3. The molecule has 0 saturated heterocycles. The molecule has 0 unspecified atom stereocenters. The second-order valence-electron chi connectivity index (χ2n) is 18.6. The highest BCUT2D eigenvalue weighted by Gasteiger charge is 2.53. The first-order chi connectivity index (χ1) is 29.8. The van der Waals surface area contributed by atoms with E-state index < -0.39 is 31.6 Å². The van der Waals surface area contributed by atoms with Crippen LogP contribution in [0.3, 0.4) is 0 Å². The van der Waals surface area contributed by atoms with E-state index in [1.165, 1.54) is 143 Å². The van der Waals surface area contributed by atoms with Gasteiger partial charge in [-0.15, -0.1) is 0 Å². The predicted molar refractivity (Wildman–Crippen MR) is 277 cm³/mol. The highest BCUT2D eigenvalue weighted by Crippen LogP contribution is 2.65. The summed E-state index contributed by atoms with van der Waals surface area (Å²) in [6, 6.07) is 43.0. The van der Waals surface area contributed by atoms with E-state index in [-0.39, 0.29) is 11.6 Å². The zero-order chi connectivity index (χ0) is 43.6. The molecule has 1 fully saturated rings. The third-order valence-corrected chi connectivity index (χ3v) is 33.0. The number of nitrogens with one attached hydrogen (secondary N) is 1. The summed E-state index contributed by atoms with van der Waals surface area (Å²) < 4.78 is 32.7. The van der Waals surface area contributed by atoms with E-state index in [0.29, 0.717) is 16.3 Å². The zero-order valence-corrected chi connectivity index (χ0v) is 43.0. The van der Waals surface area contributed by atoms with Crippen LogP contribution in [0.1, 0.15) is 151 Å². The number of benzene rings is 4. The quantitative estimate of drug-likeness (QED) is 0.0464. The summed E-state index contributed by atoms with van der Waals surface area (Å²) in [5.74, 6) is -0.511. The molecule has 4 aromatic carbocycles. The molecule has 0 atom stereocenters. The minimum Gasteiger partial charge on any atom is -0.206 e. The van der Waals surface area contributed by atoms with E-state index in [4.69, 9.17) is 0 Å². The van der Waals surface area contributed by atoms with Gasteiger partial charge in [0.1, 0.15) is 22.2 Å². The molecule has 334 valence electrons. The second-order valence-corrected chi connectivity index (χ2v) is 33.5. The van der Waals surface area contributed by atoms with Crippen LogP contribution < -0.4 is 36.4 Å². The summed E-state index contributed by atoms with van der Waals surface area (Å²) >= 11 is 0. The molecule has 61 heavy (non-hydrogen) atoms. The van der Waals surface area contributed by atoms with Crippen LogP contribution >= 0.6 is 15.5 Å². The molecule has 0 aliphatic heterocycles. The number of halogens is 2. The van der Waals surface area contributed by atoms with E-state index in [2.05, 4.69) is 94.9 Å². The molecule has 0 heterocycles. The molecular weight excluding hydrogens is 819 g/mol. The summed E-state index contributed by atoms with van der Waals surface area (Å²) in [5.41, 5.74) is 0.381. The molecule has 0 bridgehead atoms. The van der Waals surface area contributed by atoms with Crippen molar-refractivity contribution in [2.75, 3.05) is 0 Å². The van der Waals surface area contributed by atoms with Gasteiger partial charge in [0.05, 0.1) is 29.9 Å². The van der Waals surface area contributed by atoms with Gasteiger partial charge in [0.25, 0.3) is 0 Å². The Morgan fingerprint density at radius 1 is 0.475 bits per heavy atom. The van der Waals surface area contributed by atoms with Gasteiger partial charge in [-0.05, 0) is 74.2 Å². The SMILES string of the molecule is CCCC[Si](CCCC)(CCCC)c1ccc([P+](NP(c2ccccc2F)c2ccccc2F)(c2ccc([Si](CCCC)(CCCC)CCCC)cc2)C2CCCCC2)cc1. The first kappa shape index (κ1) is 50.0. The molecule has 0 aromatic heterocycles. The van der Waals surface area contributed by atoms with E-state index in [9.17, 15) is 0 Å². The molecule has 5 rings (SSSR count). The fraction of sp³-hybridized carbons (Fsp3) is 0.556. The maximum atomic E-state index is 16.3. The first-order valence-electron chi connectivity index (χ1n) is 25.0. The molecule has 4 aromatic rings. The van der Waals surface area contributed by atoms with E-state index >= 15 is 8.78 Å². The van der Waals surface area contributed by atoms with Crippen molar-refractivity contribution in [1.29, 1.82) is 0 Å². The fourth-order valence-corrected chi connectivity index (χ4v) is 30.4. The molecule has 0 radical (unpaired) electrons. The Labute approximate surface area is 376 Å². The van der Waals surface area contributed by atoms with Gasteiger partial charge < -0.3 is 0 Å².